The van der Waals surface area contributed by atoms with Crippen LogP contribution in [0.25, 0.3) is 0 Å². The molecule has 0 aliphatic heterocycles. The lowest BCUT2D eigenvalue weighted by Gasteiger charge is -1.93. The van der Waals surface area contributed by atoms with Crippen molar-refractivity contribution in [2.75, 3.05) is 14.1 Å². The van der Waals surface area contributed by atoms with Gasteiger partial charge in [0.05, 0.1) is 0 Å². The number of hydrogen-bond donors (Lipinski definition) is 4. The van der Waals surface area contributed by atoms with Crippen LogP contribution in [0.15, 0.2) is 0 Å². The average Bonchev–Trinajstić information content (AvgIpc) is 2.27. The molecule has 0 atom stereocenters. The maximum Gasteiger partial charge on any atom is 0.490 e. The first-order valence-corrected chi connectivity index (χ1v) is 4.73. The van der Waals surface area contributed by atoms with E-state index in [1.165, 1.54) is 0 Å². The van der Waals surface area contributed by atoms with E-state index in [4.69, 9.17) is 29.7 Å². The second-order valence-corrected chi connectivity index (χ2v) is 2.91. The molecule has 0 saturated heterocycles. The third kappa shape index (κ3) is 28.0. The van der Waals surface area contributed by atoms with E-state index in [-0.39, 0.29) is 0 Å². The lowest BCUT2D eigenvalue weighted by atomic mass is 10.7. The van der Waals surface area contributed by atoms with Crippen molar-refractivity contribution in [3.8, 4) is 0 Å². The molecule has 0 aliphatic rings. The fourth-order valence-corrected chi connectivity index (χ4v) is 0. The summed E-state index contributed by atoms with van der Waals surface area (Å²) in [4.78, 5) is 26.7. The number of carbonyl (C=O) groups is 3. The molecule has 0 saturated carbocycles. The first-order valence-electron chi connectivity index (χ1n) is 4.73. The van der Waals surface area contributed by atoms with E-state index in [0.717, 1.165) is 0 Å². The summed E-state index contributed by atoms with van der Waals surface area (Å²) < 4.78 is 95.2. The van der Waals surface area contributed by atoms with Gasteiger partial charge in [0.2, 0.25) is 0 Å². The van der Waals surface area contributed by atoms with Crippen LogP contribution in [0.3, 0.4) is 0 Å². The highest BCUT2D eigenvalue weighted by Gasteiger charge is 2.39. The first kappa shape index (κ1) is 29.7. The molecule has 7 nitrogen and oxygen atoms in total. The fourth-order valence-electron chi connectivity index (χ4n) is 0. The van der Waals surface area contributed by atoms with Crippen molar-refractivity contribution in [3.05, 3.63) is 0 Å². The van der Waals surface area contributed by atoms with E-state index < -0.39 is 36.4 Å². The summed E-state index contributed by atoms with van der Waals surface area (Å²) in [7, 11) is 3.75. The molecule has 24 heavy (non-hydrogen) atoms. The second-order valence-electron chi connectivity index (χ2n) is 2.91. The van der Waals surface area contributed by atoms with Crippen LogP contribution in [0, 0.1) is 0 Å². The number of aliphatic carboxylic acids is 3. The molecule has 0 rings (SSSR count). The highest BCUT2D eigenvalue weighted by Crippen LogP contribution is 2.14. The zero-order valence-corrected chi connectivity index (χ0v) is 11.5. The molecule has 0 aromatic heterocycles. The molecule has 0 aliphatic carbocycles. The number of rotatable bonds is 0. The highest BCUT2D eigenvalue weighted by molar-refractivity contribution is 5.73. The Morgan fingerprint density at radius 2 is 0.625 bits per heavy atom. The maximum atomic E-state index is 10.6. The Morgan fingerprint density at radius 1 is 0.583 bits per heavy atom. The number of carboxylic acids is 3. The minimum absolute atomic E-state index is 1.88. The lowest BCUT2D eigenvalue weighted by molar-refractivity contribution is -0.193. The summed E-state index contributed by atoms with van der Waals surface area (Å²) in [6.07, 6.45) is -15.3. The van der Waals surface area contributed by atoms with Gasteiger partial charge in [-0.1, -0.05) is 0 Å². The van der Waals surface area contributed by atoms with E-state index in [1.54, 1.807) is 0 Å². The number of alkyl halides is 9. The van der Waals surface area contributed by atoms with Gasteiger partial charge in [0.1, 0.15) is 0 Å². The molecule has 0 bridgehead atoms. The van der Waals surface area contributed by atoms with E-state index in [9.17, 15) is 39.5 Å². The van der Waals surface area contributed by atoms with E-state index >= 15 is 0 Å². The Morgan fingerprint density at radius 3 is 0.625 bits per heavy atom. The zero-order chi connectivity index (χ0) is 20.9. The van der Waals surface area contributed by atoms with Crippen LogP contribution < -0.4 is 5.32 Å². The molecule has 0 aromatic rings. The number of nitrogens with one attached hydrogen (secondary N) is 1. The van der Waals surface area contributed by atoms with Crippen LogP contribution in [0.5, 0.6) is 0 Å². The standard InChI is InChI=1S/3C2HF3O2.C2H7N/c3*3-2(4,5)1(6)7;1-3-2/h3*(H,6,7);3H,1-2H3. The molecule has 16 heteroatoms. The predicted molar refractivity (Wildman–Crippen MR) is 56.1 cm³/mol. The van der Waals surface area contributed by atoms with E-state index in [0.29, 0.717) is 0 Å². The molecular formula is C8H10F9NO6. The quantitative estimate of drug-likeness (QED) is 0.467. The molecule has 0 radical (unpaired) electrons. The maximum absolute atomic E-state index is 10.6. The van der Waals surface area contributed by atoms with Crippen molar-refractivity contribution < 1.29 is 69.2 Å². The SMILES string of the molecule is CNC.O=C(O)C(F)(F)F.O=C(O)C(F)(F)F.O=C(O)C(F)(F)F. The van der Waals surface area contributed by atoms with Crippen LogP contribution in [-0.4, -0.2) is 65.9 Å². The van der Waals surface area contributed by atoms with Crippen molar-refractivity contribution in [2.24, 2.45) is 0 Å². The summed E-state index contributed by atoms with van der Waals surface area (Å²) in [6, 6.07) is 0. The molecule has 0 heterocycles. The first-order chi connectivity index (χ1) is 10.2. The van der Waals surface area contributed by atoms with Crippen LogP contribution in [-0.2, 0) is 14.4 Å². The summed E-state index contributed by atoms with van der Waals surface area (Å²) in [5.41, 5.74) is 0. The van der Waals surface area contributed by atoms with Gasteiger partial charge in [-0.05, 0) is 14.1 Å². The van der Waals surface area contributed by atoms with Crippen molar-refractivity contribution >= 4 is 17.9 Å². The van der Waals surface area contributed by atoms with Crippen molar-refractivity contribution in [1.29, 1.82) is 0 Å². The smallest absolute Gasteiger partial charge is 0.475 e. The van der Waals surface area contributed by atoms with E-state index in [2.05, 4.69) is 5.32 Å². The molecule has 4 N–H and O–H groups in total. The molecule has 0 amide bonds. The van der Waals surface area contributed by atoms with Gasteiger partial charge in [-0.15, -0.1) is 0 Å². The van der Waals surface area contributed by atoms with Gasteiger partial charge in [-0.2, -0.15) is 39.5 Å². The largest absolute Gasteiger partial charge is 0.490 e. The Kier molecular flexibility index (Phi) is 15.1. The second kappa shape index (κ2) is 12.2. The summed E-state index contributed by atoms with van der Waals surface area (Å²) in [6.45, 7) is 0. The Balaban J connectivity index is -0.000000115. The Labute approximate surface area is 126 Å². The number of halogens is 9. The highest BCUT2D eigenvalue weighted by atomic mass is 19.4. The predicted octanol–water partition coefficient (Wildman–Crippen LogP) is 1.74. The zero-order valence-electron chi connectivity index (χ0n) is 11.5. The van der Waals surface area contributed by atoms with Gasteiger partial charge in [-0.25, -0.2) is 14.4 Å². The normalized spacial score (nSPS) is 10.6. The fraction of sp³-hybridized carbons (Fsp3) is 0.625. The van der Waals surface area contributed by atoms with Gasteiger partial charge in [-0.3, -0.25) is 0 Å². The summed E-state index contributed by atoms with van der Waals surface area (Å²) in [5, 5.41) is 24.1. The molecule has 0 unspecified atom stereocenters. The molecule has 0 fully saturated rings. The summed E-state index contributed by atoms with van der Waals surface area (Å²) in [5.74, 6) is -8.27. The van der Waals surface area contributed by atoms with Crippen LogP contribution in [0.1, 0.15) is 0 Å². The Bertz CT molecular complexity index is 330. The minimum Gasteiger partial charge on any atom is -0.475 e. The third-order valence-corrected chi connectivity index (χ3v) is 0.728. The van der Waals surface area contributed by atoms with Crippen molar-refractivity contribution in [3.63, 3.8) is 0 Å². The van der Waals surface area contributed by atoms with Crippen molar-refractivity contribution in [1.82, 2.24) is 5.32 Å². The van der Waals surface area contributed by atoms with Crippen LogP contribution in [0.4, 0.5) is 39.5 Å². The monoisotopic (exact) mass is 387 g/mol. The van der Waals surface area contributed by atoms with Crippen LogP contribution >= 0.6 is 0 Å². The molecule has 0 aromatic carbocycles. The number of carboxylic acid groups (broad SMARTS) is 3. The van der Waals surface area contributed by atoms with Gasteiger partial charge in [0.15, 0.2) is 0 Å². The Hall–Kier alpha value is -2.26. The topological polar surface area (TPSA) is 124 Å². The lowest BCUT2D eigenvalue weighted by Crippen LogP contribution is -2.21. The summed E-state index contributed by atoms with van der Waals surface area (Å²) >= 11 is 0. The molecular weight excluding hydrogens is 377 g/mol. The average molecular weight is 387 g/mol. The van der Waals surface area contributed by atoms with Gasteiger partial charge >= 0.3 is 36.4 Å². The molecule has 0 spiro atoms. The van der Waals surface area contributed by atoms with Crippen molar-refractivity contribution in [2.45, 2.75) is 18.5 Å². The molecule has 146 valence electrons. The van der Waals surface area contributed by atoms with E-state index in [1.807, 2.05) is 14.1 Å². The number of hydrogen-bond acceptors (Lipinski definition) is 4. The van der Waals surface area contributed by atoms with Gasteiger partial charge in [0, 0.05) is 0 Å². The van der Waals surface area contributed by atoms with Gasteiger partial charge < -0.3 is 20.6 Å². The van der Waals surface area contributed by atoms with Gasteiger partial charge in [0.25, 0.3) is 0 Å². The minimum atomic E-state index is -5.08. The third-order valence-electron chi connectivity index (χ3n) is 0.728. The van der Waals surface area contributed by atoms with Crippen LogP contribution in [0.2, 0.25) is 0 Å².